The van der Waals surface area contributed by atoms with Gasteiger partial charge in [0.2, 0.25) is 0 Å². The van der Waals surface area contributed by atoms with Gasteiger partial charge in [0.25, 0.3) is 0 Å². The number of aryl methyl sites for hydroxylation is 1. The fourth-order valence-electron chi connectivity index (χ4n) is 1.15. The number of aliphatic hydroxyl groups is 1. The first-order valence-corrected chi connectivity index (χ1v) is 4.61. The normalized spacial score (nSPS) is 13.2. The van der Waals surface area contributed by atoms with Crippen LogP contribution in [0.15, 0.2) is 16.7 Å². The summed E-state index contributed by atoms with van der Waals surface area (Å²) in [6.07, 6.45) is 2.48. The summed E-state index contributed by atoms with van der Waals surface area (Å²) in [5.74, 6) is 0.977. The number of hydrogen-bond donors (Lipinski definition) is 2. The van der Waals surface area contributed by atoms with Crippen molar-refractivity contribution in [3.05, 3.63) is 23.7 Å². The van der Waals surface area contributed by atoms with E-state index in [1.165, 1.54) is 5.56 Å². The summed E-state index contributed by atoms with van der Waals surface area (Å²) >= 11 is 0. The number of rotatable bonds is 5. The zero-order valence-electron chi connectivity index (χ0n) is 8.21. The van der Waals surface area contributed by atoms with Crippen LogP contribution >= 0.6 is 0 Å². The topological polar surface area (TPSA) is 45.4 Å². The van der Waals surface area contributed by atoms with Crippen molar-refractivity contribution >= 4 is 0 Å². The van der Waals surface area contributed by atoms with Gasteiger partial charge in [0, 0.05) is 12.6 Å². The van der Waals surface area contributed by atoms with Crippen molar-refractivity contribution in [1.82, 2.24) is 5.32 Å². The minimum atomic E-state index is 0.227. The Morgan fingerprint density at radius 2 is 2.38 bits per heavy atom. The van der Waals surface area contributed by atoms with Crippen LogP contribution in [-0.4, -0.2) is 17.8 Å². The van der Waals surface area contributed by atoms with E-state index in [9.17, 15) is 0 Å². The van der Waals surface area contributed by atoms with Gasteiger partial charge in [-0.2, -0.15) is 0 Å². The van der Waals surface area contributed by atoms with Crippen LogP contribution in [0.1, 0.15) is 24.7 Å². The summed E-state index contributed by atoms with van der Waals surface area (Å²) < 4.78 is 5.27. The molecule has 2 N–H and O–H groups in total. The highest BCUT2D eigenvalue weighted by molar-refractivity contribution is 5.14. The molecule has 0 aromatic carbocycles. The molecule has 3 heteroatoms. The van der Waals surface area contributed by atoms with E-state index in [2.05, 4.69) is 12.2 Å². The molecule has 0 aliphatic heterocycles. The molecule has 1 aromatic heterocycles. The number of aliphatic hydroxyl groups excluding tert-OH is 1. The molecular formula is C10H17NO2. The van der Waals surface area contributed by atoms with E-state index in [-0.39, 0.29) is 6.61 Å². The third-order valence-corrected chi connectivity index (χ3v) is 2.14. The molecule has 1 aromatic rings. The van der Waals surface area contributed by atoms with Gasteiger partial charge in [0.15, 0.2) is 0 Å². The van der Waals surface area contributed by atoms with E-state index in [0.717, 1.165) is 18.7 Å². The summed E-state index contributed by atoms with van der Waals surface area (Å²) in [5, 5.41) is 12.0. The average molecular weight is 183 g/mol. The number of nitrogens with one attached hydrogen (secondary N) is 1. The van der Waals surface area contributed by atoms with E-state index in [1.54, 1.807) is 6.26 Å². The summed E-state index contributed by atoms with van der Waals surface area (Å²) in [6, 6.07) is 2.28. The maximum absolute atomic E-state index is 8.69. The molecule has 1 atom stereocenters. The number of furan rings is 1. The van der Waals surface area contributed by atoms with Gasteiger partial charge >= 0.3 is 0 Å². The van der Waals surface area contributed by atoms with E-state index in [1.807, 2.05) is 13.0 Å². The van der Waals surface area contributed by atoms with Crippen LogP contribution in [-0.2, 0) is 6.54 Å². The van der Waals surface area contributed by atoms with E-state index in [0.29, 0.717) is 6.04 Å². The molecule has 0 fully saturated rings. The lowest BCUT2D eigenvalue weighted by Crippen LogP contribution is -2.26. The highest BCUT2D eigenvalue weighted by atomic mass is 16.3. The lowest BCUT2D eigenvalue weighted by atomic mass is 10.2. The number of hydrogen-bond acceptors (Lipinski definition) is 3. The van der Waals surface area contributed by atoms with Gasteiger partial charge in [-0.3, -0.25) is 0 Å². The zero-order valence-corrected chi connectivity index (χ0v) is 8.21. The molecule has 1 rings (SSSR count). The van der Waals surface area contributed by atoms with Crippen LogP contribution in [0.4, 0.5) is 0 Å². The molecule has 0 saturated carbocycles. The van der Waals surface area contributed by atoms with Gasteiger partial charge in [0.1, 0.15) is 5.76 Å². The molecule has 0 aliphatic rings. The monoisotopic (exact) mass is 183 g/mol. The maximum Gasteiger partial charge on any atom is 0.120 e. The maximum atomic E-state index is 8.69. The quantitative estimate of drug-likeness (QED) is 0.726. The molecule has 0 saturated heterocycles. The largest absolute Gasteiger partial charge is 0.468 e. The molecule has 0 amide bonds. The second-order valence-corrected chi connectivity index (χ2v) is 3.32. The van der Waals surface area contributed by atoms with Crippen LogP contribution in [0.5, 0.6) is 0 Å². The standard InChI is InChI=1S/C10H17NO2/c1-8-4-6-13-10(8)7-11-9(2)3-5-12/h4,6,9,11-12H,3,5,7H2,1-2H3/t9-/m1/s1. The Morgan fingerprint density at radius 3 is 2.92 bits per heavy atom. The first-order chi connectivity index (χ1) is 6.24. The van der Waals surface area contributed by atoms with E-state index in [4.69, 9.17) is 9.52 Å². The average Bonchev–Trinajstić information content (AvgIpc) is 2.48. The second kappa shape index (κ2) is 5.04. The van der Waals surface area contributed by atoms with Gasteiger partial charge in [-0.15, -0.1) is 0 Å². The lowest BCUT2D eigenvalue weighted by Gasteiger charge is -2.10. The van der Waals surface area contributed by atoms with Crippen molar-refractivity contribution in [2.45, 2.75) is 32.9 Å². The Kier molecular flexibility index (Phi) is 3.99. The molecule has 0 unspecified atom stereocenters. The van der Waals surface area contributed by atoms with Crippen LogP contribution in [0, 0.1) is 6.92 Å². The first-order valence-electron chi connectivity index (χ1n) is 4.61. The predicted molar refractivity (Wildman–Crippen MR) is 51.4 cm³/mol. The summed E-state index contributed by atoms with van der Waals surface area (Å²) in [5.41, 5.74) is 1.17. The van der Waals surface area contributed by atoms with Gasteiger partial charge in [-0.1, -0.05) is 0 Å². The van der Waals surface area contributed by atoms with Crippen molar-refractivity contribution in [1.29, 1.82) is 0 Å². The zero-order chi connectivity index (χ0) is 9.68. The summed E-state index contributed by atoms with van der Waals surface area (Å²) in [4.78, 5) is 0. The van der Waals surface area contributed by atoms with Gasteiger partial charge < -0.3 is 14.8 Å². The molecular weight excluding hydrogens is 166 g/mol. The fraction of sp³-hybridized carbons (Fsp3) is 0.600. The van der Waals surface area contributed by atoms with Crippen molar-refractivity contribution in [3.8, 4) is 0 Å². The third-order valence-electron chi connectivity index (χ3n) is 2.14. The predicted octanol–water partition coefficient (Wildman–Crippen LogP) is 1.45. The van der Waals surface area contributed by atoms with Gasteiger partial charge in [0.05, 0.1) is 12.8 Å². The molecule has 3 nitrogen and oxygen atoms in total. The van der Waals surface area contributed by atoms with E-state index < -0.39 is 0 Å². The Bertz CT molecular complexity index is 245. The smallest absolute Gasteiger partial charge is 0.120 e. The van der Waals surface area contributed by atoms with Crippen LogP contribution in [0.25, 0.3) is 0 Å². The molecule has 0 bridgehead atoms. The Hall–Kier alpha value is -0.800. The molecule has 0 spiro atoms. The van der Waals surface area contributed by atoms with Crippen molar-refractivity contribution in [2.75, 3.05) is 6.61 Å². The lowest BCUT2D eigenvalue weighted by molar-refractivity contribution is 0.267. The summed E-state index contributed by atoms with van der Waals surface area (Å²) in [6.45, 7) is 5.04. The third kappa shape index (κ3) is 3.20. The van der Waals surface area contributed by atoms with Gasteiger partial charge in [-0.25, -0.2) is 0 Å². The van der Waals surface area contributed by atoms with Gasteiger partial charge in [-0.05, 0) is 31.9 Å². The fourth-order valence-corrected chi connectivity index (χ4v) is 1.15. The first kappa shape index (κ1) is 10.3. The molecule has 0 radical (unpaired) electrons. The molecule has 1 heterocycles. The molecule has 13 heavy (non-hydrogen) atoms. The Balaban J connectivity index is 2.30. The van der Waals surface area contributed by atoms with Crippen LogP contribution in [0.2, 0.25) is 0 Å². The van der Waals surface area contributed by atoms with E-state index >= 15 is 0 Å². The minimum Gasteiger partial charge on any atom is -0.468 e. The van der Waals surface area contributed by atoms with Crippen LogP contribution in [0.3, 0.4) is 0 Å². The van der Waals surface area contributed by atoms with Crippen molar-refractivity contribution < 1.29 is 9.52 Å². The minimum absolute atomic E-state index is 0.227. The van der Waals surface area contributed by atoms with Crippen molar-refractivity contribution in [3.63, 3.8) is 0 Å². The van der Waals surface area contributed by atoms with Crippen LogP contribution < -0.4 is 5.32 Å². The highest BCUT2D eigenvalue weighted by Gasteiger charge is 2.04. The molecule has 74 valence electrons. The Labute approximate surface area is 78.8 Å². The summed E-state index contributed by atoms with van der Waals surface area (Å²) in [7, 11) is 0. The molecule has 0 aliphatic carbocycles. The van der Waals surface area contributed by atoms with Crippen molar-refractivity contribution in [2.24, 2.45) is 0 Å². The Morgan fingerprint density at radius 1 is 1.62 bits per heavy atom. The SMILES string of the molecule is Cc1ccoc1CN[C@H](C)CCO. The second-order valence-electron chi connectivity index (χ2n) is 3.32. The highest BCUT2D eigenvalue weighted by Crippen LogP contribution is 2.08.